The number of carboxylic acids is 2. The van der Waals surface area contributed by atoms with E-state index in [2.05, 4.69) is 47.6 Å². The van der Waals surface area contributed by atoms with E-state index in [-0.39, 0.29) is 22.0 Å². The molecule has 6 heteroatoms. The molecule has 3 aromatic carbocycles. The largest absolute Gasteiger partial charge is 0.478 e. The number of rotatable bonds is 6. The molecule has 0 radical (unpaired) electrons. The first-order valence-electron chi connectivity index (χ1n) is 11.0. The van der Waals surface area contributed by atoms with Gasteiger partial charge in [0.1, 0.15) is 11.5 Å². The summed E-state index contributed by atoms with van der Waals surface area (Å²) in [5.41, 5.74) is 1.88. The smallest absolute Gasteiger partial charge is 0.335 e. The SMILES string of the molecule is CC(C)(C)c1cc(Oc2ccc(C(=O)O)cc2)c(Oc2ccc(C(=O)O)cc2)c(C(C)(C)C)c1. The minimum absolute atomic E-state index is 0.160. The number of carbonyl (C=O) groups is 2. The van der Waals surface area contributed by atoms with Gasteiger partial charge in [-0.2, -0.15) is 0 Å². The molecule has 0 aliphatic carbocycles. The number of benzene rings is 3. The number of ether oxygens (including phenoxy) is 2. The third-order valence-electron chi connectivity index (χ3n) is 5.38. The number of hydrogen-bond donors (Lipinski definition) is 2. The molecular weight excluding hydrogens is 432 g/mol. The molecule has 0 aliphatic heterocycles. The molecule has 0 saturated heterocycles. The molecule has 0 amide bonds. The molecule has 0 aromatic heterocycles. The zero-order valence-corrected chi connectivity index (χ0v) is 20.3. The van der Waals surface area contributed by atoms with Gasteiger partial charge in [-0.15, -0.1) is 0 Å². The molecule has 0 aliphatic rings. The molecule has 0 atom stereocenters. The predicted octanol–water partition coefficient (Wildman–Crippen LogP) is 7.26. The third-order valence-corrected chi connectivity index (χ3v) is 5.38. The highest BCUT2D eigenvalue weighted by Crippen LogP contribution is 2.45. The van der Waals surface area contributed by atoms with Crippen LogP contribution < -0.4 is 9.47 Å². The summed E-state index contributed by atoms with van der Waals surface area (Å²) in [5.74, 6) is -0.0591. The topological polar surface area (TPSA) is 93.1 Å². The van der Waals surface area contributed by atoms with Crippen LogP contribution in [0.4, 0.5) is 0 Å². The van der Waals surface area contributed by atoms with Gasteiger partial charge in [0, 0.05) is 5.56 Å². The summed E-state index contributed by atoms with van der Waals surface area (Å²) in [6, 6.07) is 16.4. The van der Waals surface area contributed by atoms with Crippen molar-refractivity contribution in [2.45, 2.75) is 52.4 Å². The Balaban J connectivity index is 2.15. The van der Waals surface area contributed by atoms with Crippen LogP contribution in [0.5, 0.6) is 23.0 Å². The molecule has 34 heavy (non-hydrogen) atoms. The van der Waals surface area contributed by atoms with E-state index in [0.717, 1.165) is 11.1 Å². The Bertz CT molecular complexity index is 1190. The Labute approximate surface area is 199 Å². The maximum absolute atomic E-state index is 11.2. The number of carboxylic acid groups (broad SMARTS) is 2. The van der Waals surface area contributed by atoms with E-state index >= 15 is 0 Å². The van der Waals surface area contributed by atoms with Crippen LogP contribution in [0.3, 0.4) is 0 Å². The van der Waals surface area contributed by atoms with Crippen LogP contribution in [0.25, 0.3) is 0 Å². The van der Waals surface area contributed by atoms with Crippen molar-refractivity contribution in [1.82, 2.24) is 0 Å². The highest BCUT2D eigenvalue weighted by Gasteiger charge is 2.27. The van der Waals surface area contributed by atoms with Crippen LogP contribution >= 0.6 is 0 Å². The second kappa shape index (κ2) is 9.21. The lowest BCUT2D eigenvalue weighted by atomic mass is 9.80. The second-order valence-corrected chi connectivity index (χ2v) is 10.2. The summed E-state index contributed by atoms with van der Waals surface area (Å²) in [5, 5.41) is 18.4. The van der Waals surface area contributed by atoms with Gasteiger partial charge < -0.3 is 19.7 Å². The van der Waals surface area contributed by atoms with Crippen LogP contribution in [0.2, 0.25) is 0 Å². The molecule has 0 saturated carbocycles. The van der Waals surface area contributed by atoms with Crippen LogP contribution in [0.15, 0.2) is 60.7 Å². The van der Waals surface area contributed by atoms with Crippen molar-refractivity contribution in [3.05, 3.63) is 82.9 Å². The Morgan fingerprint density at radius 2 is 1.09 bits per heavy atom. The van der Waals surface area contributed by atoms with Crippen molar-refractivity contribution < 1.29 is 29.3 Å². The zero-order valence-electron chi connectivity index (χ0n) is 20.3. The van der Waals surface area contributed by atoms with Gasteiger partial charge in [0.2, 0.25) is 0 Å². The van der Waals surface area contributed by atoms with Crippen LogP contribution in [0.1, 0.15) is 73.4 Å². The molecule has 0 fully saturated rings. The van der Waals surface area contributed by atoms with Crippen molar-refractivity contribution in [2.75, 3.05) is 0 Å². The van der Waals surface area contributed by atoms with E-state index in [0.29, 0.717) is 23.0 Å². The van der Waals surface area contributed by atoms with E-state index in [1.807, 2.05) is 6.07 Å². The van der Waals surface area contributed by atoms with Gasteiger partial charge in [0.15, 0.2) is 11.5 Å². The minimum atomic E-state index is -1.01. The lowest BCUT2D eigenvalue weighted by Crippen LogP contribution is -2.18. The standard InChI is InChI=1S/C28H30O6/c1-27(2,3)19-15-22(28(4,5)6)24(34-21-13-9-18(10-14-21)26(31)32)23(16-19)33-20-11-7-17(8-12-20)25(29)30/h7-16H,1-6H3,(H,29,30)(H,31,32). The van der Waals surface area contributed by atoms with E-state index in [4.69, 9.17) is 9.47 Å². The molecule has 178 valence electrons. The van der Waals surface area contributed by atoms with E-state index in [9.17, 15) is 19.8 Å². The quantitative estimate of drug-likeness (QED) is 0.400. The minimum Gasteiger partial charge on any atom is -0.478 e. The fourth-order valence-electron chi connectivity index (χ4n) is 3.35. The fraction of sp³-hybridized carbons (Fsp3) is 0.286. The van der Waals surface area contributed by atoms with E-state index < -0.39 is 11.9 Å². The maximum atomic E-state index is 11.2. The molecular formula is C28H30O6. The van der Waals surface area contributed by atoms with Crippen LogP contribution in [-0.4, -0.2) is 22.2 Å². The molecule has 3 aromatic rings. The summed E-state index contributed by atoms with van der Waals surface area (Å²) in [4.78, 5) is 22.4. The molecule has 0 spiro atoms. The van der Waals surface area contributed by atoms with Crippen molar-refractivity contribution in [3.8, 4) is 23.0 Å². The van der Waals surface area contributed by atoms with Crippen LogP contribution in [-0.2, 0) is 10.8 Å². The number of hydrogen-bond acceptors (Lipinski definition) is 4. The summed E-state index contributed by atoms with van der Waals surface area (Å²) in [6.45, 7) is 12.6. The highest BCUT2D eigenvalue weighted by atomic mass is 16.5. The lowest BCUT2D eigenvalue weighted by molar-refractivity contribution is 0.0686. The Morgan fingerprint density at radius 3 is 1.47 bits per heavy atom. The van der Waals surface area contributed by atoms with Gasteiger partial charge in [-0.3, -0.25) is 0 Å². The molecule has 0 bridgehead atoms. The van der Waals surface area contributed by atoms with E-state index in [1.165, 1.54) is 24.3 Å². The van der Waals surface area contributed by atoms with Gasteiger partial charge in [0.25, 0.3) is 0 Å². The second-order valence-electron chi connectivity index (χ2n) is 10.2. The van der Waals surface area contributed by atoms with Gasteiger partial charge >= 0.3 is 11.9 Å². The summed E-state index contributed by atoms with van der Waals surface area (Å²) in [7, 11) is 0. The van der Waals surface area contributed by atoms with Gasteiger partial charge in [-0.1, -0.05) is 47.6 Å². The van der Waals surface area contributed by atoms with Gasteiger partial charge in [0.05, 0.1) is 11.1 Å². The summed E-state index contributed by atoms with van der Waals surface area (Å²) in [6.07, 6.45) is 0. The first kappa shape index (κ1) is 24.8. The van der Waals surface area contributed by atoms with Crippen molar-refractivity contribution in [1.29, 1.82) is 0 Å². The average molecular weight is 463 g/mol. The Morgan fingerprint density at radius 1 is 0.647 bits per heavy atom. The monoisotopic (exact) mass is 462 g/mol. The first-order chi connectivity index (χ1) is 15.8. The fourth-order valence-corrected chi connectivity index (χ4v) is 3.35. The molecule has 6 nitrogen and oxygen atoms in total. The Kier molecular flexibility index (Phi) is 6.73. The Hall–Kier alpha value is -3.80. The highest BCUT2D eigenvalue weighted by molar-refractivity contribution is 5.88. The first-order valence-corrected chi connectivity index (χ1v) is 11.0. The average Bonchev–Trinajstić information content (AvgIpc) is 2.74. The van der Waals surface area contributed by atoms with Gasteiger partial charge in [-0.05, 0) is 71.0 Å². The molecule has 0 heterocycles. The van der Waals surface area contributed by atoms with E-state index in [1.54, 1.807) is 24.3 Å². The predicted molar refractivity (Wildman–Crippen MR) is 131 cm³/mol. The maximum Gasteiger partial charge on any atom is 0.335 e. The molecule has 2 N–H and O–H groups in total. The van der Waals surface area contributed by atoms with Crippen molar-refractivity contribution >= 4 is 11.9 Å². The summed E-state index contributed by atoms with van der Waals surface area (Å²) < 4.78 is 12.5. The number of aromatic carboxylic acids is 2. The van der Waals surface area contributed by atoms with Crippen LogP contribution in [0, 0.1) is 0 Å². The molecule has 0 unspecified atom stereocenters. The third kappa shape index (κ3) is 5.76. The molecule has 3 rings (SSSR count). The lowest BCUT2D eigenvalue weighted by Gasteiger charge is -2.29. The van der Waals surface area contributed by atoms with Gasteiger partial charge in [-0.25, -0.2) is 9.59 Å². The summed E-state index contributed by atoms with van der Waals surface area (Å²) >= 11 is 0. The van der Waals surface area contributed by atoms with Crippen molar-refractivity contribution in [2.24, 2.45) is 0 Å². The van der Waals surface area contributed by atoms with Crippen molar-refractivity contribution in [3.63, 3.8) is 0 Å². The zero-order chi connectivity index (χ0) is 25.3. The normalized spacial score (nSPS) is 11.7.